The van der Waals surface area contributed by atoms with Gasteiger partial charge in [-0.3, -0.25) is 0 Å². The lowest BCUT2D eigenvalue weighted by atomic mass is 9.86. The van der Waals surface area contributed by atoms with E-state index in [0.717, 1.165) is 23.7 Å². The molecule has 0 fully saturated rings. The van der Waals surface area contributed by atoms with E-state index in [1.54, 1.807) is 0 Å². The van der Waals surface area contributed by atoms with Crippen molar-refractivity contribution in [1.29, 1.82) is 0 Å². The van der Waals surface area contributed by atoms with Crippen molar-refractivity contribution in [1.82, 2.24) is 0 Å². The van der Waals surface area contributed by atoms with Crippen LogP contribution in [0.5, 0.6) is 0 Å². The van der Waals surface area contributed by atoms with Crippen LogP contribution in [-0.4, -0.2) is 0 Å². The minimum Gasteiger partial charge on any atom is -0.146 e. The standard InChI is InChI=1S/C10H10S2.C10H12.C8H10.C7H12.C6H8S.C6H10/c1-7-3-5-9(11-7)10-6-4-8(2)12-10;1-3-4-10-7-5-9(2)6-8-10;1-7-3-5-8(2)6-4-7;1-6-3-4-7(2)5-6;1-5-3-4-6(2)7-5;1-5-3-4-6(5)2/h3-6H,1-2H3;3-8H,1-2H3;3-6H,1-2H3;3-4,6-7H,5H2,1-2H3;3-4H,1-2H3;3-6H,1-2H3/b;4-3+;;;;. The smallest absolute Gasteiger partial charge is 0.0445 e. The number of aryl methyl sites for hydroxylation is 7. The lowest BCUT2D eigenvalue weighted by Crippen LogP contribution is -2.09. The van der Waals surface area contributed by atoms with E-state index in [2.05, 4.69) is 191 Å². The van der Waals surface area contributed by atoms with Gasteiger partial charge in [-0.25, -0.2) is 0 Å². The van der Waals surface area contributed by atoms with Gasteiger partial charge in [0.2, 0.25) is 0 Å². The fourth-order valence-corrected chi connectivity index (χ4v) is 7.48. The Labute approximate surface area is 318 Å². The Morgan fingerprint density at radius 2 is 0.780 bits per heavy atom. The van der Waals surface area contributed by atoms with Gasteiger partial charge in [-0.1, -0.05) is 129 Å². The minimum atomic E-state index is 0.843. The molecule has 2 aromatic carbocycles. The SMILES string of the molecule is C/C=C/c1ccc(C)cc1.CC1C=CC(C)C1.CC1C=CC1C.Cc1ccc(-c2ccc(C)s2)s1.Cc1ccc(C)cc1.Cc1ccc(C)s1. The molecule has 0 saturated heterocycles. The Hall–Kier alpha value is -3.24. The maximum atomic E-state index is 2.30. The van der Waals surface area contributed by atoms with Crippen molar-refractivity contribution >= 4 is 40.1 Å². The molecule has 0 N–H and O–H groups in total. The van der Waals surface area contributed by atoms with E-state index in [0.29, 0.717) is 0 Å². The first kappa shape index (κ1) is 42.9. The summed E-state index contributed by atoms with van der Waals surface area (Å²) in [4.78, 5) is 8.36. The first-order valence-corrected chi connectivity index (χ1v) is 20.5. The summed E-state index contributed by atoms with van der Waals surface area (Å²) in [5.41, 5.74) is 5.24. The van der Waals surface area contributed by atoms with Crippen molar-refractivity contribution in [3.8, 4) is 9.75 Å². The van der Waals surface area contributed by atoms with Crippen LogP contribution in [0.15, 0.2) is 115 Å². The van der Waals surface area contributed by atoms with E-state index in [4.69, 9.17) is 0 Å². The largest absolute Gasteiger partial charge is 0.146 e. The molecule has 7 rings (SSSR count). The van der Waals surface area contributed by atoms with Crippen LogP contribution in [0.2, 0.25) is 0 Å². The van der Waals surface area contributed by atoms with Gasteiger partial charge >= 0.3 is 0 Å². The predicted octanol–water partition coefficient (Wildman–Crippen LogP) is 15.8. The van der Waals surface area contributed by atoms with Gasteiger partial charge < -0.3 is 0 Å². The average Bonchev–Trinajstić information content (AvgIpc) is 3.90. The molecule has 0 aliphatic heterocycles. The molecule has 3 heteroatoms. The Morgan fingerprint density at radius 3 is 1.00 bits per heavy atom. The van der Waals surface area contributed by atoms with Gasteiger partial charge in [0, 0.05) is 29.3 Å². The van der Waals surface area contributed by atoms with Crippen LogP contribution in [0.4, 0.5) is 0 Å². The summed E-state index contributed by atoms with van der Waals surface area (Å²) >= 11 is 5.57. The third-order valence-electron chi connectivity index (χ3n) is 8.31. The van der Waals surface area contributed by atoms with E-state index in [1.165, 1.54) is 57.9 Å². The van der Waals surface area contributed by atoms with Crippen molar-refractivity contribution in [2.75, 3.05) is 0 Å². The zero-order chi connectivity index (χ0) is 37.1. The van der Waals surface area contributed by atoms with E-state index in [1.807, 2.05) is 47.0 Å². The van der Waals surface area contributed by atoms with Crippen molar-refractivity contribution in [3.05, 3.63) is 157 Å². The Balaban J connectivity index is 0.000000212. The van der Waals surface area contributed by atoms with Crippen LogP contribution in [-0.2, 0) is 0 Å². The molecule has 0 saturated carbocycles. The maximum absolute atomic E-state index is 2.30. The van der Waals surface area contributed by atoms with E-state index in [9.17, 15) is 0 Å². The van der Waals surface area contributed by atoms with Crippen molar-refractivity contribution in [2.24, 2.45) is 23.7 Å². The summed E-state index contributed by atoms with van der Waals surface area (Å²) in [6, 6.07) is 30.0. The zero-order valence-electron chi connectivity index (χ0n) is 32.8. The van der Waals surface area contributed by atoms with Crippen molar-refractivity contribution in [2.45, 2.75) is 89.5 Å². The van der Waals surface area contributed by atoms with Crippen LogP contribution in [0.25, 0.3) is 15.8 Å². The molecule has 4 atom stereocenters. The minimum absolute atomic E-state index is 0.843. The van der Waals surface area contributed by atoms with Gasteiger partial charge in [-0.15, -0.1) is 34.0 Å². The van der Waals surface area contributed by atoms with Crippen LogP contribution in [0, 0.1) is 72.1 Å². The average molecular weight is 723 g/mol. The van der Waals surface area contributed by atoms with Gasteiger partial charge in [0.1, 0.15) is 0 Å². The molecule has 3 heterocycles. The van der Waals surface area contributed by atoms with Gasteiger partial charge in [-0.2, -0.15) is 0 Å². The fraction of sp³-hybridized carbons (Fsp3) is 0.362. The molecular weight excluding hydrogens is 661 g/mol. The lowest BCUT2D eigenvalue weighted by molar-refractivity contribution is 0.501. The second-order valence-electron chi connectivity index (χ2n) is 13.7. The molecule has 0 amide bonds. The Bertz CT molecular complexity index is 1610. The third kappa shape index (κ3) is 18.1. The molecule has 50 heavy (non-hydrogen) atoms. The van der Waals surface area contributed by atoms with Crippen LogP contribution in [0.3, 0.4) is 0 Å². The first-order chi connectivity index (χ1) is 23.7. The second kappa shape index (κ2) is 23.3. The normalized spacial score (nSPS) is 18.1. The van der Waals surface area contributed by atoms with Gasteiger partial charge in [0.25, 0.3) is 0 Å². The summed E-state index contributed by atoms with van der Waals surface area (Å²) in [5, 5.41) is 0. The maximum Gasteiger partial charge on any atom is 0.0445 e. The fourth-order valence-electron chi connectivity index (χ4n) is 4.88. The highest BCUT2D eigenvalue weighted by atomic mass is 32.1. The Morgan fingerprint density at radius 1 is 0.440 bits per heavy atom. The molecule has 2 aliphatic rings. The highest BCUT2D eigenvalue weighted by Gasteiger charge is 2.12. The van der Waals surface area contributed by atoms with Crippen molar-refractivity contribution < 1.29 is 0 Å². The summed E-state index contributed by atoms with van der Waals surface area (Å²) in [6.07, 6.45) is 14.6. The van der Waals surface area contributed by atoms with Gasteiger partial charge in [0.15, 0.2) is 0 Å². The monoisotopic (exact) mass is 722 g/mol. The molecule has 268 valence electrons. The van der Waals surface area contributed by atoms with Gasteiger partial charge in [0.05, 0.1) is 0 Å². The number of thiophene rings is 3. The highest BCUT2D eigenvalue weighted by Crippen LogP contribution is 2.32. The van der Waals surface area contributed by atoms with E-state index >= 15 is 0 Å². The quantitative estimate of drug-likeness (QED) is 0.159. The zero-order valence-corrected chi connectivity index (χ0v) is 35.2. The second-order valence-corrected chi connectivity index (χ2v) is 17.8. The number of hydrogen-bond donors (Lipinski definition) is 0. The molecule has 0 spiro atoms. The molecule has 5 aromatic rings. The topological polar surface area (TPSA) is 0 Å². The Kier molecular flexibility index (Phi) is 20.0. The molecule has 0 bridgehead atoms. The lowest BCUT2D eigenvalue weighted by Gasteiger charge is -2.20. The van der Waals surface area contributed by atoms with E-state index in [-0.39, 0.29) is 0 Å². The van der Waals surface area contributed by atoms with Crippen LogP contribution in [0.1, 0.15) is 82.8 Å². The van der Waals surface area contributed by atoms with Crippen LogP contribution >= 0.6 is 34.0 Å². The molecule has 0 radical (unpaired) electrons. The van der Waals surface area contributed by atoms with Gasteiger partial charge in [-0.05, 0) is 127 Å². The van der Waals surface area contributed by atoms with Crippen LogP contribution < -0.4 is 0 Å². The summed E-state index contributed by atoms with van der Waals surface area (Å²) < 4.78 is 0. The van der Waals surface area contributed by atoms with Crippen molar-refractivity contribution in [3.63, 3.8) is 0 Å². The molecule has 0 nitrogen and oxygen atoms in total. The molecule has 3 aromatic heterocycles. The highest BCUT2D eigenvalue weighted by molar-refractivity contribution is 7.22. The summed E-state index contributed by atoms with van der Waals surface area (Å²) in [6.45, 7) is 25.9. The molecule has 2 aliphatic carbocycles. The number of hydrogen-bond acceptors (Lipinski definition) is 3. The third-order valence-corrected chi connectivity index (χ3v) is 11.4. The summed E-state index contributed by atoms with van der Waals surface area (Å²) in [5.74, 6) is 3.39. The molecular formula is C47H62S3. The number of allylic oxidation sites excluding steroid dienone is 5. The van der Waals surface area contributed by atoms with E-state index < -0.39 is 0 Å². The molecule has 4 unspecified atom stereocenters. The summed E-state index contributed by atoms with van der Waals surface area (Å²) in [7, 11) is 0. The number of rotatable bonds is 2. The number of benzene rings is 2. The first-order valence-electron chi connectivity index (χ1n) is 18.0. The predicted molar refractivity (Wildman–Crippen MR) is 232 cm³/mol.